The number of aromatic nitrogens is 3. The second-order valence-electron chi connectivity index (χ2n) is 8.04. The van der Waals surface area contributed by atoms with Gasteiger partial charge in [-0.1, -0.05) is 6.07 Å². The third-order valence-corrected chi connectivity index (χ3v) is 5.29. The van der Waals surface area contributed by atoms with Crippen LogP contribution >= 0.6 is 0 Å². The number of nitrogens with one attached hydrogen (secondary N) is 1. The molecule has 1 aliphatic rings. The van der Waals surface area contributed by atoms with E-state index in [1.54, 1.807) is 18.3 Å². The van der Waals surface area contributed by atoms with Gasteiger partial charge in [0.2, 0.25) is 0 Å². The minimum Gasteiger partial charge on any atom is -0.406 e. The van der Waals surface area contributed by atoms with Crippen molar-refractivity contribution in [2.24, 2.45) is 5.92 Å². The molecule has 0 aliphatic heterocycles. The van der Waals surface area contributed by atoms with Crippen LogP contribution < -0.4 is 14.8 Å². The Hall–Kier alpha value is -4.32. The Morgan fingerprint density at radius 2 is 1.91 bits per heavy atom. The van der Waals surface area contributed by atoms with E-state index in [9.17, 15) is 13.2 Å². The van der Waals surface area contributed by atoms with Gasteiger partial charge in [-0.2, -0.15) is 0 Å². The molecule has 6 nitrogen and oxygen atoms in total. The molecular formula is C26H19F3N4O2. The quantitative estimate of drug-likeness (QED) is 0.355. The molecule has 0 spiro atoms. The van der Waals surface area contributed by atoms with Crippen LogP contribution in [0.25, 0.3) is 22.4 Å². The maximum absolute atomic E-state index is 12.8. The lowest BCUT2D eigenvalue weighted by Crippen LogP contribution is -2.17. The Bertz CT molecular complexity index is 1430. The Kier molecular flexibility index (Phi) is 6.10. The minimum absolute atomic E-state index is 0.208. The number of hydrogen-bond acceptors (Lipinski definition) is 6. The predicted octanol–water partition coefficient (Wildman–Crippen LogP) is 5.80. The van der Waals surface area contributed by atoms with Crippen molar-refractivity contribution in [1.82, 2.24) is 15.0 Å². The Balaban J connectivity index is 1.43. The molecule has 1 fully saturated rings. The fraction of sp³-hybridized carbons (Fsp3) is 0.192. The van der Waals surface area contributed by atoms with E-state index in [-0.39, 0.29) is 17.0 Å². The maximum atomic E-state index is 12.8. The Morgan fingerprint density at radius 3 is 2.74 bits per heavy atom. The molecule has 5 rings (SSSR count). The number of rotatable bonds is 6. The van der Waals surface area contributed by atoms with Crippen LogP contribution in [0.1, 0.15) is 18.4 Å². The summed E-state index contributed by atoms with van der Waals surface area (Å²) in [5.74, 6) is 3.46. The molecule has 2 aromatic carbocycles. The van der Waals surface area contributed by atoms with Crippen LogP contribution in [0.5, 0.6) is 11.5 Å². The summed E-state index contributed by atoms with van der Waals surface area (Å²) in [4.78, 5) is 12.9. The highest BCUT2D eigenvalue weighted by atomic mass is 19.4. The molecule has 0 saturated heterocycles. The molecule has 176 valence electrons. The number of alkyl halides is 3. The number of pyridine rings is 1. The molecule has 0 atom stereocenters. The molecule has 1 N–H and O–H groups in total. The van der Waals surface area contributed by atoms with Crippen LogP contribution in [0.3, 0.4) is 0 Å². The summed E-state index contributed by atoms with van der Waals surface area (Å²) < 4.78 is 48.1. The SMILES string of the molecule is FC(F)(F)Oc1ccc(OC#Cc2cccc(NCC3CC3)c2)c(-c2cnc3cccnc3n2)c1. The van der Waals surface area contributed by atoms with Gasteiger partial charge in [0.05, 0.1) is 11.9 Å². The zero-order valence-corrected chi connectivity index (χ0v) is 18.3. The largest absolute Gasteiger partial charge is 0.573 e. The monoisotopic (exact) mass is 476 g/mol. The summed E-state index contributed by atoms with van der Waals surface area (Å²) in [6, 6.07) is 14.8. The summed E-state index contributed by atoms with van der Waals surface area (Å²) >= 11 is 0. The van der Waals surface area contributed by atoms with Crippen molar-refractivity contribution in [2.45, 2.75) is 19.2 Å². The molecule has 0 radical (unpaired) electrons. The van der Waals surface area contributed by atoms with Crippen molar-refractivity contribution in [3.05, 3.63) is 72.6 Å². The van der Waals surface area contributed by atoms with Gasteiger partial charge in [-0.3, -0.25) is 4.98 Å². The number of ether oxygens (including phenoxy) is 2. The van der Waals surface area contributed by atoms with Crippen molar-refractivity contribution in [2.75, 3.05) is 11.9 Å². The molecule has 9 heteroatoms. The van der Waals surface area contributed by atoms with Gasteiger partial charge in [0.15, 0.2) is 5.65 Å². The summed E-state index contributed by atoms with van der Waals surface area (Å²) in [5.41, 5.74) is 3.11. The molecular weight excluding hydrogens is 457 g/mol. The van der Waals surface area contributed by atoms with E-state index in [4.69, 9.17) is 4.74 Å². The van der Waals surface area contributed by atoms with E-state index in [1.807, 2.05) is 24.3 Å². The first-order valence-electron chi connectivity index (χ1n) is 10.9. The van der Waals surface area contributed by atoms with Crippen molar-refractivity contribution in [1.29, 1.82) is 0 Å². The lowest BCUT2D eigenvalue weighted by atomic mass is 10.1. The number of nitrogens with zero attached hydrogens (tertiary/aromatic N) is 3. The van der Waals surface area contributed by atoms with Crippen LogP contribution in [0.2, 0.25) is 0 Å². The normalized spacial score (nSPS) is 13.1. The van der Waals surface area contributed by atoms with Crippen LogP contribution in [0.15, 0.2) is 67.0 Å². The fourth-order valence-corrected chi connectivity index (χ4v) is 3.40. The first-order valence-corrected chi connectivity index (χ1v) is 10.9. The third-order valence-electron chi connectivity index (χ3n) is 5.29. The van der Waals surface area contributed by atoms with Crippen molar-refractivity contribution < 1.29 is 22.6 Å². The van der Waals surface area contributed by atoms with Gasteiger partial charge >= 0.3 is 6.36 Å². The van der Waals surface area contributed by atoms with Gasteiger partial charge in [0.1, 0.15) is 23.1 Å². The van der Waals surface area contributed by atoms with Gasteiger partial charge in [-0.05, 0) is 73.2 Å². The molecule has 2 aromatic heterocycles. The standard InChI is InChI=1S/C26H19F3N4O2/c27-26(28,29)35-20-8-9-24(21(14-20)23-16-32-22-5-2-11-30-25(22)33-23)34-12-10-17-3-1-4-19(13-17)31-15-18-6-7-18/h1-5,8-9,11,13-14,16,18,31H,6-7,15H2. The smallest absolute Gasteiger partial charge is 0.406 e. The molecule has 0 bridgehead atoms. The second-order valence-corrected chi connectivity index (χ2v) is 8.04. The number of benzene rings is 2. The van der Waals surface area contributed by atoms with E-state index in [0.717, 1.165) is 29.8 Å². The van der Waals surface area contributed by atoms with Gasteiger partial charge in [0, 0.05) is 29.6 Å². The molecule has 1 aliphatic carbocycles. The summed E-state index contributed by atoms with van der Waals surface area (Å²) in [7, 11) is 0. The minimum atomic E-state index is -4.84. The van der Waals surface area contributed by atoms with Gasteiger partial charge in [0.25, 0.3) is 0 Å². The van der Waals surface area contributed by atoms with Gasteiger partial charge in [-0.15, -0.1) is 13.2 Å². The average molecular weight is 476 g/mol. The van der Waals surface area contributed by atoms with Crippen molar-refractivity contribution in [3.8, 4) is 34.8 Å². The van der Waals surface area contributed by atoms with Crippen LogP contribution in [0.4, 0.5) is 18.9 Å². The first kappa shape index (κ1) is 22.5. The molecule has 4 aromatic rings. The van der Waals surface area contributed by atoms with E-state index in [1.165, 1.54) is 31.2 Å². The van der Waals surface area contributed by atoms with E-state index >= 15 is 0 Å². The molecule has 2 heterocycles. The molecule has 1 saturated carbocycles. The summed E-state index contributed by atoms with van der Waals surface area (Å²) in [6.45, 7) is 0.935. The molecule has 35 heavy (non-hydrogen) atoms. The number of anilines is 1. The Labute approximate surface area is 199 Å². The Morgan fingerprint density at radius 1 is 1.03 bits per heavy atom. The summed E-state index contributed by atoms with van der Waals surface area (Å²) in [6.07, 6.45) is 3.30. The van der Waals surface area contributed by atoms with Crippen LogP contribution in [0, 0.1) is 17.9 Å². The predicted molar refractivity (Wildman–Crippen MR) is 125 cm³/mol. The third kappa shape index (κ3) is 5.98. The lowest BCUT2D eigenvalue weighted by Gasteiger charge is -2.12. The number of fused-ring (bicyclic) bond motifs is 1. The van der Waals surface area contributed by atoms with Crippen molar-refractivity contribution >= 4 is 16.9 Å². The van der Waals surface area contributed by atoms with Crippen LogP contribution in [-0.2, 0) is 0 Å². The van der Waals surface area contributed by atoms with Crippen LogP contribution in [-0.4, -0.2) is 27.9 Å². The first-order chi connectivity index (χ1) is 16.9. The average Bonchev–Trinajstić information content (AvgIpc) is 3.67. The lowest BCUT2D eigenvalue weighted by molar-refractivity contribution is -0.274. The zero-order chi connectivity index (χ0) is 24.3. The molecule has 0 amide bonds. The number of hydrogen-bond donors (Lipinski definition) is 1. The van der Waals surface area contributed by atoms with Gasteiger partial charge in [-0.25, -0.2) is 9.97 Å². The number of halogens is 3. The van der Waals surface area contributed by atoms with E-state index in [2.05, 4.69) is 37.0 Å². The summed E-state index contributed by atoms with van der Waals surface area (Å²) in [5, 5.41) is 3.39. The van der Waals surface area contributed by atoms with Crippen molar-refractivity contribution in [3.63, 3.8) is 0 Å². The highest BCUT2D eigenvalue weighted by Crippen LogP contribution is 2.35. The zero-order valence-electron chi connectivity index (χ0n) is 18.3. The topological polar surface area (TPSA) is 69.2 Å². The second kappa shape index (κ2) is 9.50. The highest BCUT2D eigenvalue weighted by molar-refractivity contribution is 5.76. The maximum Gasteiger partial charge on any atom is 0.573 e. The van der Waals surface area contributed by atoms with Gasteiger partial charge < -0.3 is 14.8 Å². The van der Waals surface area contributed by atoms with E-state index in [0.29, 0.717) is 11.2 Å². The fourth-order valence-electron chi connectivity index (χ4n) is 3.40. The van der Waals surface area contributed by atoms with E-state index < -0.39 is 12.1 Å². The molecule has 0 unspecified atom stereocenters. The highest BCUT2D eigenvalue weighted by Gasteiger charge is 2.31.